The highest BCUT2D eigenvalue weighted by atomic mass is 16.5. The fourth-order valence-electron chi connectivity index (χ4n) is 1.80. The molecular weight excluding hydrogens is 282 g/mol. The molecule has 0 radical (unpaired) electrons. The molecule has 0 aliphatic rings. The molecule has 0 fully saturated rings. The third kappa shape index (κ3) is 3.82. The molecule has 0 saturated carbocycles. The molecule has 0 spiro atoms. The third-order valence-corrected chi connectivity index (χ3v) is 3.04. The lowest BCUT2D eigenvalue weighted by Crippen LogP contribution is -2.19. The highest BCUT2D eigenvalue weighted by Crippen LogP contribution is 2.22. The number of carbonyl (C=O) groups is 1. The minimum Gasteiger partial charge on any atom is -0.497 e. The van der Waals surface area contributed by atoms with Crippen LogP contribution in [0.5, 0.6) is 11.5 Å². The molecule has 1 aromatic carbocycles. The molecule has 0 bridgehead atoms. The number of amides is 1. The average Bonchev–Trinajstić information content (AvgIpc) is 2.59. The van der Waals surface area contributed by atoms with Crippen molar-refractivity contribution in [2.75, 3.05) is 14.2 Å². The number of pyridine rings is 1. The van der Waals surface area contributed by atoms with E-state index in [4.69, 9.17) is 9.47 Å². The van der Waals surface area contributed by atoms with E-state index in [9.17, 15) is 4.79 Å². The molecule has 22 heavy (non-hydrogen) atoms. The Bertz CT molecular complexity index is 662. The van der Waals surface area contributed by atoms with Gasteiger partial charge < -0.3 is 9.47 Å². The van der Waals surface area contributed by atoms with E-state index in [0.29, 0.717) is 22.8 Å². The summed E-state index contributed by atoms with van der Waals surface area (Å²) in [4.78, 5) is 16.1. The molecule has 1 N–H and O–H groups in total. The maximum atomic E-state index is 12.2. The summed E-state index contributed by atoms with van der Waals surface area (Å²) in [6.45, 7) is 1.81. The number of hydrazone groups is 1. The van der Waals surface area contributed by atoms with Crippen molar-refractivity contribution in [3.63, 3.8) is 0 Å². The van der Waals surface area contributed by atoms with Crippen molar-refractivity contribution in [3.05, 3.63) is 53.9 Å². The number of hydrogen-bond donors (Lipinski definition) is 1. The highest BCUT2D eigenvalue weighted by molar-refractivity contribution is 6.00. The first-order valence-corrected chi connectivity index (χ1v) is 6.62. The Morgan fingerprint density at radius 2 is 1.64 bits per heavy atom. The number of methoxy groups -OCH3 is 2. The van der Waals surface area contributed by atoms with Crippen LogP contribution in [0.15, 0.2) is 47.8 Å². The van der Waals surface area contributed by atoms with Gasteiger partial charge in [-0.2, -0.15) is 5.10 Å². The zero-order valence-electron chi connectivity index (χ0n) is 12.7. The summed E-state index contributed by atoms with van der Waals surface area (Å²) >= 11 is 0. The third-order valence-electron chi connectivity index (χ3n) is 3.04. The molecule has 1 amide bonds. The Morgan fingerprint density at radius 3 is 2.18 bits per heavy atom. The van der Waals surface area contributed by atoms with Gasteiger partial charge in [0.2, 0.25) is 0 Å². The smallest absolute Gasteiger partial charge is 0.271 e. The van der Waals surface area contributed by atoms with E-state index in [-0.39, 0.29) is 5.91 Å². The van der Waals surface area contributed by atoms with E-state index in [0.717, 1.165) is 5.56 Å². The maximum absolute atomic E-state index is 12.2. The molecule has 114 valence electrons. The van der Waals surface area contributed by atoms with Gasteiger partial charge >= 0.3 is 0 Å². The zero-order valence-corrected chi connectivity index (χ0v) is 12.7. The Balaban J connectivity index is 2.15. The number of benzene rings is 1. The monoisotopic (exact) mass is 299 g/mol. The number of aromatic nitrogens is 1. The van der Waals surface area contributed by atoms with Crippen LogP contribution in [-0.2, 0) is 0 Å². The Morgan fingerprint density at radius 1 is 1.05 bits per heavy atom. The van der Waals surface area contributed by atoms with Crippen LogP contribution >= 0.6 is 0 Å². The van der Waals surface area contributed by atoms with Crippen LogP contribution < -0.4 is 14.9 Å². The van der Waals surface area contributed by atoms with Gasteiger partial charge in [-0.3, -0.25) is 9.78 Å². The lowest BCUT2D eigenvalue weighted by molar-refractivity contribution is 0.0954. The van der Waals surface area contributed by atoms with Crippen LogP contribution in [-0.4, -0.2) is 30.8 Å². The normalized spacial score (nSPS) is 11.0. The van der Waals surface area contributed by atoms with Crippen LogP contribution in [0, 0.1) is 0 Å². The number of ether oxygens (including phenoxy) is 2. The molecule has 0 atom stereocenters. The molecule has 0 aliphatic carbocycles. The van der Waals surface area contributed by atoms with E-state index in [1.54, 1.807) is 30.6 Å². The Labute approximate surface area is 128 Å². The lowest BCUT2D eigenvalue weighted by Gasteiger charge is -2.08. The van der Waals surface area contributed by atoms with Crippen LogP contribution in [0.1, 0.15) is 22.8 Å². The SMILES string of the molecule is COc1cc(OC)cc(C(=O)NN=C(C)c2ccncc2)c1. The summed E-state index contributed by atoms with van der Waals surface area (Å²) < 4.78 is 10.3. The van der Waals surface area contributed by atoms with Gasteiger partial charge in [0.05, 0.1) is 19.9 Å². The number of carbonyl (C=O) groups excluding carboxylic acids is 1. The summed E-state index contributed by atoms with van der Waals surface area (Å²) in [6.07, 6.45) is 3.34. The number of hydrogen-bond acceptors (Lipinski definition) is 5. The molecule has 0 unspecified atom stereocenters. The van der Waals surface area contributed by atoms with E-state index < -0.39 is 0 Å². The minimum atomic E-state index is -0.342. The second kappa shape index (κ2) is 7.21. The standard InChI is InChI=1S/C16H17N3O3/c1-11(12-4-6-17-7-5-12)18-19-16(20)13-8-14(21-2)10-15(9-13)22-3/h4-10H,1-3H3,(H,19,20). The minimum absolute atomic E-state index is 0.342. The molecular formula is C16H17N3O3. The second-order valence-corrected chi connectivity index (χ2v) is 4.48. The highest BCUT2D eigenvalue weighted by Gasteiger charge is 2.09. The predicted octanol–water partition coefficient (Wildman–Crippen LogP) is 2.25. The lowest BCUT2D eigenvalue weighted by atomic mass is 10.2. The van der Waals surface area contributed by atoms with E-state index >= 15 is 0 Å². The van der Waals surface area contributed by atoms with Crippen molar-refractivity contribution in [1.29, 1.82) is 0 Å². The fraction of sp³-hybridized carbons (Fsp3) is 0.188. The number of nitrogens with zero attached hydrogens (tertiary/aromatic N) is 2. The molecule has 0 aliphatic heterocycles. The van der Waals surface area contributed by atoms with Crippen molar-refractivity contribution >= 4 is 11.6 Å². The largest absolute Gasteiger partial charge is 0.497 e. The van der Waals surface area contributed by atoms with Gasteiger partial charge in [0.25, 0.3) is 5.91 Å². The summed E-state index contributed by atoms with van der Waals surface area (Å²) in [7, 11) is 3.06. The van der Waals surface area contributed by atoms with Gasteiger partial charge in [-0.25, -0.2) is 5.43 Å². The van der Waals surface area contributed by atoms with Crippen molar-refractivity contribution in [2.45, 2.75) is 6.92 Å². The Hall–Kier alpha value is -2.89. The average molecular weight is 299 g/mol. The predicted molar refractivity (Wildman–Crippen MR) is 83.5 cm³/mol. The summed E-state index contributed by atoms with van der Waals surface area (Å²) in [5.74, 6) is 0.740. The van der Waals surface area contributed by atoms with E-state index in [2.05, 4.69) is 15.5 Å². The summed E-state index contributed by atoms with van der Waals surface area (Å²) in [5.41, 5.74) is 4.50. The van der Waals surface area contributed by atoms with Gasteiger partial charge in [0.1, 0.15) is 11.5 Å². The van der Waals surface area contributed by atoms with Gasteiger partial charge in [-0.15, -0.1) is 0 Å². The van der Waals surface area contributed by atoms with Gasteiger partial charge in [0, 0.05) is 29.6 Å². The molecule has 6 nitrogen and oxygen atoms in total. The van der Waals surface area contributed by atoms with Crippen LogP contribution in [0.25, 0.3) is 0 Å². The first-order chi connectivity index (χ1) is 10.6. The summed E-state index contributed by atoms with van der Waals surface area (Å²) in [5, 5.41) is 4.09. The molecule has 2 rings (SSSR count). The topological polar surface area (TPSA) is 72.8 Å². The van der Waals surface area contributed by atoms with Gasteiger partial charge in [-0.05, 0) is 31.2 Å². The van der Waals surface area contributed by atoms with Crippen molar-refractivity contribution < 1.29 is 14.3 Å². The molecule has 6 heteroatoms. The van der Waals surface area contributed by atoms with Crippen molar-refractivity contribution in [3.8, 4) is 11.5 Å². The first kappa shape index (κ1) is 15.5. The molecule has 0 saturated heterocycles. The van der Waals surface area contributed by atoms with Crippen molar-refractivity contribution in [2.24, 2.45) is 5.10 Å². The summed E-state index contributed by atoms with van der Waals surface area (Å²) in [6, 6.07) is 8.58. The molecule has 1 aromatic heterocycles. The fourth-order valence-corrected chi connectivity index (χ4v) is 1.80. The van der Waals surface area contributed by atoms with Crippen molar-refractivity contribution in [1.82, 2.24) is 10.4 Å². The van der Waals surface area contributed by atoms with Gasteiger partial charge in [0.15, 0.2) is 0 Å². The first-order valence-electron chi connectivity index (χ1n) is 6.62. The van der Waals surface area contributed by atoms with E-state index in [1.165, 1.54) is 14.2 Å². The van der Waals surface area contributed by atoms with E-state index in [1.807, 2.05) is 19.1 Å². The second-order valence-electron chi connectivity index (χ2n) is 4.48. The number of nitrogens with one attached hydrogen (secondary N) is 1. The van der Waals surface area contributed by atoms with Crippen LogP contribution in [0.2, 0.25) is 0 Å². The maximum Gasteiger partial charge on any atom is 0.271 e. The van der Waals surface area contributed by atoms with Crippen LogP contribution in [0.3, 0.4) is 0 Å². The van der Waals surface area contributed by atoms with Gasteiger partial charge in [-0.1, -0.05) is 0 Å². The van der Waals surface area contributed by atoms with Crippen LogP contribution in [0.4, 0.5) is 0 Å². The zero-order chi connectivity index (χ0) is 15.9. The Kier molecular flexibility index (Phi) is 5.08. The molecule has 2 aromatic rings. The quantitative estimate of drug-likeness (QED) is 0.679. The number of rotatable bonds is 5. The molecule has 1 heterocycles.